The molecule has 0 saturated carbocycles. The van der Waals surface area contributed by atoms with E-state index >= 15 is 0 Å². The molecule has 2 N–H and O–H groups in total. The van der Waals surface area contributed by atoms with Crippen molar-refractivity contribution >= 4 is 12.0 Å². The number of nitrogens with zero attached hydrogens (tertiary/aromatic N) is 1. The Morgan fingerprint density at radius 1 is 1.25 bits per heavy atom. The normalized spacial score (nSPS) is 17.9. The molecule has 0 aromatic carbocycles. The summed E-state index contributed by atoms with van der Waals surface area (Å²) in [5.74, 6) is -2.41. The molecule has 0 atom stereocenters. The van der Waals surface area contributed by atoms with Crippen molar-refractivity contribution in [2.24, 2.45) is 11.3 Å². The summed E-state index contributed by atoms with van der Waals surface area (Å²) in [7, 11) is 0. The number of urea groups is 1. The Morgan fingerprint density at radius 3 is 2.15 bits per heavy atom. The average Bonchev–Trinajstić information content (AvgIpc) is 2.35. The lowest BCUT2D eigenvalue weighted by molar-refractivity contribution is -0.183. The summed E-state index contributed by atoms with van der Waals surface area (Å²) in [6.07, 6.45) is -4.44. The van der Waals surface area contributed by atoms with Crippen molar-refractivity contribution in [3.05, 3.63) is 0 Å². The number of piperidine rings is 1. The lowest BCUT2D eigenvalue weighted by atomic mass is 9.94. The number of carboxylic acid groups (broad SMARTS) is 1. The van der Waals surface area contributed by atoms with E-state index in [1.807, 2.05) is 0 Å². The summed E-state index contributed by atoms with van der Waals surface area (Å²) in [6.45, 7) is 2.92. The molecule has 0 bridgehead atoms. The molecule has 0 radical (unpaired) electrons. The Kier molecular flexibility index (Phi) is 4.88. The molecular weight excluding hydrogens is 277 g/mol. The first-order chi connectivity index (χ1) is 9.04. The first kappa shape index (κ1) is 16.6. The van der Waals surface area contributed by atoms with E-state index in [4.69, 9.17) is 5.11 Å². The number of hydrogen-bond donors (Lipinski definition) is 2. The van der Waals surface area contributed by atoms with Crippen molar-refractivity contribution in [1.29, 1.82) is 0 Å². The molecule has 0 unspecified atom stereocenters. The Labute approximate surface area is 115 Å². The van der Waals surface area contributed by atoms with E-state index in [1.54, 1.807) is 0 Å². The maximum Gasteiger partial charge on any atom is 0.391 e. The van der Waals surface area contributed by atoms with Gasteiger partial charge in [-0.15, -0.1) is 0 Å². The second-order valence-corrected chi connectivity index (χ2v) is 5.65. The maximum atomic E-state index is 12.5. The predicted octanol–water partition coefficient (Wildman–Crippen LogP) is 2.08. The van der Waals surface area contributed by atoms with E-state index in [0.29, 0.717) is 0 Å². The highest BCUT2D eigenvalue weighted by Crippen LogP contribution is 2.34. The number of aliphatic carboxylic acids is 1. The minimum absolute atomic E-state index is 0.0313. The second-order valence-electron chi connectivity index (χ2n) is 5.65. The Hall–Kier alpha value is -1.47. The SMILES string of the molecule is CC(C)(CNC(=O)N1CCC(C(F)(F)F)CC1)C(=O)O. The zero-order chi connectivity index (χ0) is 15.6. The molecular formula is C12H19F3N2O3. The van der Waals surface area contributed by atoms with Gasteiger partial charge in [-0.25, -0.2) is 4.79 Å². The fraction of sp³-hybridized carbons (Fsp3) is 0.833. The van der Waals surface area contributed by atoms with Crippen LogP contribution >= 0.6 is 0 Å². The van der Waals surface area contributed by atoms with Gasteiger partial charge in [0.1, 0.15) is 0 Å². The van der Waals surface area contributed by atoms with Crippen molar-refractivity contribution in [1.82, 2.24) is 10.2 Å². The molecule has 0 aromatic rings. The van der Waals surface area contributed by atoms with Crippen molar-refractivity contribution in [3.63, 3.8) is 0 Å². The van der Waals surface area contributed by atoms with Crippen LogP contribution in [-0.2, 0) is 4.79 Å². The van der Waals surface area contributed by atoms with Gasteiger partial charge in [0.25, 0.3) is 0 Å². The summed E-state index contributed by atoms with van der Waals surface area (Å²) < 4.78 is 37.4. The summed E-state index contributed by atoms with van der Waals surface area (Å²) in [5, 5.41) is 11.4. The molecule has 8 heteroatoms. The van der Waals surface area contributed by atoms with Gasteiger partial charge in [0.2, 0.25) is 0 Å². The van der Waals surface area contributed by atoms with Crippen LogP contribution in [0.25, 0.3) is 0 Å². The number of carboxylic acids is 1. The van der Waals surface area contributed by atoms with E-state index < -0.39 is 29.5 Å². The number of likely N-dealkylation sites (tertiary alicyclic amines) is 1. The van der Waals surface area contributed by atoms with Crippen LogP contribution in [0.2, 0.25) is 0 Å². The molecule has 0 aliphatic carbocycles. The molecule has 0 spiro atoms. The van der Waals surface area contributed by atoms with Crippen molar-refractivity contribution in [2.45, 2.75) is 32.9 Å². The smallest absolute Gasteiger partial charge is 0.391 e. The van der Waals surface area contributed by atoms with Crippen LogP contribution in [0, 0.1) is 11.3 Å². The molecule has 1 aliphatic heterocycles. The number of hydrogen-bond acceptors (Lipinski definition) is 2. The molecule has 116 valence electrons. The van der Waals surface area contributed by atoms with Crippen molar-refractivity contribution < 1.29 is 27.9 Å². The first-order valence-corrected chi connectivity index (χ1v) is 6.37. The minimum atomic E-state index is -4.21. The van der Waals surface area contributed by atoms with Gasteiger partial charge in [-0.2, -0.15) is 13.2 Å². The number of carbonyl (C=O) groups is 2. The van der Waals surface area contributed by atoms with Gasteiger partial charge in [-0.3, -0.25) is 4.79 Å². The molecule has 1 heterocycles. The number of nitrogens with one attached hydrogen (secondary N) is 1. The molecule has 1 aliphatic rings. The molecule has 1 fully saturated rings. The third kappa shape index (κ3) is 4.28. The van der Waals surface area contributed by atoms with Gasteiger partial charge in [-0.1, -0.05) is 0 Å². The molecule has 2 amide bonds. The lowest BCUT2D eigenvalue weighted by Gasteiger charge is -2.33. The monoisotopic (exact) mass is 296 g/mol. The molecule has 5 nitrogen and oxygen atoms in total. The van der Waals surface area contributed by atoms with Gasteiger partial charge in [-0.05, 0) is 26.7 Å². The fourth-order valence-electron chi connectivity index (χ4n) is 1.89. The van der Waals surface area contributed by atoms with Crippen LogP contribution in [-0.4, -0.2) is 47.8 Å². The van der Waals surface area contributed by atoms with Crippen LogP contribution in [0.1, 0.15) is 26.7 Å². The average molecular weight is 296 g/mol. The standard InChI is InChI=1S/C12H19F3N2O3/c1-11(2,9(18)19)7-16-10(20)17-5-3-8(4-6-17)12(13,14)15/h8H,3-7H2,1-2H3,(H,16,20)(H,18,19). The van der Waals surface area contributed by atoms with Gasteiger partial charge >= 0.3 is 18.2 Å². The van der Waals surface area contributed by atoms with E-state index in [2.05, 4.69) is 5.32 Å². The van der Waals surface area contributed by atoms with Crippen LogP contribution in [0.5, 0.6) is 0 Å². The molecule has 1 saturated heterocycles. The van der Waals surface area contributed by atoms with E-state index in [-0.39, 0.29) is 32.5 Å². The highest BCUT2D eigenvalue weighted by Gasteiger charge is 2.41. The molecule has 0 aromatic heterocycles. The van der Waals surface area contributed by atoms with Crippen molar-refractivity contribution in [3.8, 4) is 0 Å². The minimum Gasteiger partial charge on any atom is -0.481 e. The van der Waals surface area contributed by atoms with Gasteiger partial charge in [0.05, 0.1) is 11.3 Å². The Morgan fingerprint density at radius 2 is 1.75 bits per heavy atom. The van der Waals surface area contributed by atoms with Gasteiger partial charge in [0.15, 0.2) is 0 Å². The quantitative estimate of drug-likeness (QED) is 0.837. The Bertz CT molecular complexity index is 375. The third-order valence-electron chi connectivity index (χ3n) is 3.51. The fourth-order valence-corrected chi connectivity index (χ4v) is 1.89. The van der Waals surface area contributed by atoms with Crippen LogP contribution in [0.4, 0.5) is 18.0 Å². The molecule has 1 rings (SSSR count). The van der Waals surface area contributed by atoms with Crippen molar-refractivity contribution in [2.75, 3.05) is 19.6 Å². The van der Waals surface area contributed by atoms with E-state index in [0.717, 1.165) is 0 Å². The number of rotatable bonds is 3. The summed E-state index contributed by atoms with van der Waals surface area (Å²) in [5.41, 5.74) is -1.11. The number of halogens is 3. The number of alkyl halides is 3. The maximum absolute atomic E-state index is 12.5. The summed E-state index contributed by atoms with van der Waals surface area (Å²) >= 11 is 0. The van der Waals surface area contributed by atoms with Crippen LogP contribution in [0.15, 0.2) is 0 Å². The second kappa shape index (κ2) is 5.88. The van der Waals surface area contributed by atoms with Gasteiger partial charge < -0.3 is 15.3 Å². The van der Waals surface area contributed by atoms with E-state index in [9.17, 15) is 22.8 Å². The summed E-state index contributed by atoms with van der Waals surface area (Å²) in [4.78, 5) is 23.9. The van der Waals surface area contributed by atoms with Crippen LogP contribution in [0.3, 0.4) is 0 Å². The largest absolute Gasteiger partial charge is 0.481 e. The topological polar surface area (TPSA) is 69.6 Å². The summed E-state index contributed by atoms with van der Waals surface area (Å²) in [6, 6.07) is -0.514. The Balaban J connectivity index is 2.42. The van der Waals surface area contributed by atoms with Crippen LogP contribution < -0.4 is 5.32 Å². The third-order valence-corrected chi connectivity index (χ3v) is 3.51. The highest BCUT2D eigenvalue weighted by atomic mass is 19.4. The van der Waals surface area contributed by atoms with Gasteiger partial charge in [0, 0.05) is 19.6 Å². The highest BCUT2D eigenvalue weighted by molar-refractivity contribution is 5.77. The zero-order valence-corrected chi connectivity index (χ0v) is 11.5. The van der Waals surface area contributed by atoms with E-state index in [1.165, 1.54) is 18.7 Å². The zero-order valence-electron chi connectivity index (χ0n) is 11.5. The number of carbonyl (C=O) groups excluding carboxylic acids is 1. The lowest BCUT2D eigenvalue weighted by Crippen LogP contribution is -2.49. The number of amides is 2. The molecule has 20 heavy (non-hydrogen) atoms. The first-order valence-electron chi connectivity index (χ1n) is 6.37. The predicted molar refractivity (Wildman–Crippen MR) is 65.2 cm³/mol.